The van der Waals surface area contributed by atoms with Crippen LogP contribution in [0.25, 0.3) is 0 Å². The molecule has 1 N–H and O–H groups in total. The van der Waals surface area contributed by atoms with E-state index < -0.39 is 37.6 Å². The quantitative estimate of drug-likeness (QED) is 0.154. The number of hydrogen-bond donors (Lipinski definition) is 1. The molecule has 5 rings (SSSR count). The lowest BCUT2D eigenvalue weighted by Crippen LogP contribution is -2.65. The van der Waals surface area contributed by atoms with Crippen molar-refractivity contribution in [3.63, 3.8) is 0 Å². The first-order valence-electron chi connectivity index (χ1n) is 14.7. The third-order valence-corrected chi connectivity index (χ3v) is 9.15. The highest BCUT2D eigenvalue weighted by atomic mass is 16.8. The lowest BCUT2D eigenvalue weighted by molar-refractivity contribution is -0.199. The Labute approximate surface area is 247 Å². The second-order valence-corrected chi connectivity index (χ2v) is 12.0. The summed E-state index contributed by atoms with van der Waals surface area (Å²) in [6.07, 6.45) is 2.90. The molecule has 1 heterocycles. The molecule has 3 aliphatic carbocycles. The maximum Gasteiger partial charge on any atom is 0.511 e. The second-order valence-electron chi connectivity index (χ2n) is 12.0. The fraction of sp³-hybridized carbons (Fsp3) is 0.667. The average molecular weight is 584 g/mol. The molecule has 0 aromatic heterocycles. The van der Waals surface area contributed by atoms with E-state index in [1.807, 2.05) is 13.0 Å². The summed E-state index contributed by atoms with van der Waals surface area (Å²) in [5.41, 5.74) is 0.424. The van der Waals surface area contributed by atoms with Gasteiger partial charge in [-0.3, -0.25) is 4.79 Å². The van der Waals surface area contributed by atoms with Crippen molar-refractivity contribution in [2.24, 2.45) is 17.3 Å². The summed E-state index contributed by atoms with van der Waals surface area (Å²) in [7, 11) is 0.708. The fourth-order valence-electron chi connectivity index (χ4n) is 6.67. The zero-order valence-corrected chi connectivity index (χ0v) is 25.1. The number of amides is 1. The standard InChI is InChI=1S/C30H41BN2O9/c1-6-7-14-38-28(36)40-18-39-27(35)21-11-8-10-19(26(21)37-5)15-24(33-25(34)12-9-13-32)31-41-23-17-20-16-22(29(20,2)3)30(23,4)42-31/h8,10-11,20,22-24H,6-7,9,12,14-18H2,1-5H3,(H,33,34). The number of rotatable bonds is 13. The van der Waals surface area contributed by atoms with E-state index in [0.29, 0.717) is 23.8 Å². The minimum Gasteiger partial charge on any atom is -0.496 e. The predicted octanol–water partition coefficient (Wildman–Crippen LogP) is 4.36. The van der Waals surface area contributed by atoms with Crippen LogP contribution in [0.3, 0.4) is 0 Å². The fourth-order valence-corrected chi connectivity index (χ4v) is 6.67. The highest BCUT2D eigenvalue weighted by Gasteiger charge is 2.68. The Morgan fingerprint density at radius 3 is 2.67 bits per heavy atom. The average Bonchev–Trinajstić information content (AvgIpc) is 3.32. The van der Waals surface area contributed by atoms with Crippen LogP contribution in [0.1, 0.15) is 82.1 Å². The van der Waals surface area contributed by atoms with Crippen molar-refractivity contribution >= 4 is 25.2 Å². The number of methoxy groups -OCH3 is 1. The van der Waals surface area contributed by atoms with Crippen molar-refractivity contribution in [3.05, 3.63) is 29.3 Å². The van der Waals surface area contributed by atoms with Crippen LogP contribution in [0.15, 0.2) is 18.2 Å². The van der Waals surface area contributed by atoms with E-state index in [9.17, 15) is 14.4 Å². The number of carbonyl (C=O) groups excluding carboxylic acids is 3. The van der Waals surface area contributed by atoms with Gasteiger partial charge in [-0.05, 0) is 61.5 Å². The van der Waals surface area contributed by atoms with Crippen LogP contribution in [-0.4, -0.2) is 63.3 Å². The molecule has 1 aromatic rings. The minimum absolute atomic E-state index is 0.0442. The lowest BCUT2D eigenvalue weighted by Gasteiger charge is -2.64. The number of nitrogens with one attached hydrogen (secondary N) is 1. The number of nitriles is 1. The van der Waals surface area contributed by atoms with Crippen LogP contribution in [0.4, 0.5) is 4.79 Å². The van der Waals surface area contributed by atoms with Gasteiger partial charge in [-0.2, -0.15) is 5.26 Å². The van der Waals surface area contributed by atoms with Crippen molar-refractivity contribution < 1.29 is 42.6 Å². The molecule has 3 saturated carbocycles. The number of unbranched alkanes of at least 4 members (excludes halogenated alkanes) is 1. The Hall–Kier alpha value is -3.30. The summed E-state index contributed by atoms with van der Waals surface area (Å²) in [5, 5.41) is 12.0. The Morgan fingerprint density at radius 1 is 1.19 bits per heavy atom. The van der Waals surface area contributed by atoms with Crippen LogP contribution < -0.4 is 10.1 Å². The van der Waals surface area contributed by atoms with Gasteiger partial charge in [-0.15, -0.1) is 0 Å². The molecule has 0 radical (unpaired) electrons. The highest BCUT2D eigenvalue weighted by Crippen LogP contribution is 2.65. The topological polar surface area (TPSA) is 142 Å². The number of benzene rings is 1. The molecule has 1 aromatic carbocycles. The van der Waals surface area contributed by atoms with Gasteiger partial charge in [-0.25, -0.2) is 9.59 Å². The Kier molecular flexibility index (Phi) is 10.0. The maximum atomic E-state index is 12.9. The van der Waals surface area contributed by atoms with E-state index in [2.05, 4.69) is 26.1 Å². The van der Waals surface area contributed by atoms with Crippen molar-refractivity contribution in [1.29, 1.82) is 5.26 Å². The normalized spacial score (nSPS) is 25.7. The van der Waals surface area contributed by atoms with E-state index in [1.54, 1.807) is 12.1 Å². The van der Waals surface area contributed by atoms with Crippen molar-refractivity contribution in [2.75, 3.05) is 20.5 Å². The van der Waals surface area contributed by atoms with Gasteiger partial charge < -0.3 is 33.6 Å². The van der Waals surface area contributed by atoms with Gasteiger partial charge in [0.2, 0.25) is 12.7 Å². The molecule has 4 aliphatic rings. The Bertz CT molecular complexity index is 1200. The van der Waals surface area contributed by atoms with Gasteiger partial charge in [0.15, 0.2) is 0 Å². The molecule has 4 fully saturated rings. The van der Waals surface area contributed by atoms with Crippen molar-refractivity contribution in [3.8, 4) is 11.8 Å². The smallest absolute Gasteiger partial charge is 0.496 e. The zero-order chi connectivity index (χ0) is 30.5. The van der Waals surface area contributed by atoms with Crippen LogP contribution >= 0.6 is 0 Å². The van der Waals surface area contributed by atoms with E-state index >= 15 is 0 Å². The SMILES string of the molecule is CCCCOC(=O)OCOC(=O)c1cccc(CC(NC(=O)CCC#N)B2OC3CC4CC(C4(C)C)C3(C)O2)c1OC. The minimum atomic E-state index is -0.918. The summed E-state index contributed by atoms with van der Waals surface area (Å²) in [6.45, 7) is 8.23. The maximum absolute atomic E-state index is 12.9. The number of esters is 1. The number of para-hydroxylation sites is 1. The monoisotopic (exact) mass is 584 g/mol. The molecule has 0 spiro atoms. The summed E-state index contributed by atoms with van der Waals surface area (Å²) in [4.78, 5) is 37.3. The Morgan fingerprint density at radius 2 is 1.98 bits per heavy atom. The van der Waals surface area contributed by atoms with Crippen LogP contribution in [-0.2, 0) is 34.7 Å². The molecule has 1 aliphatic heterocycles. The van der Waals surface area contributed by atoms with Crippen LogP contribution in [0, 0.1) is 28.6 Å². The molecule has 228 valence electrons. The third-order valence-electron chi connectivity index (χ3n) is 9.15. The summed E-state index contributed by atoms with van der Waals surface area (Å²) >= 11 is 0. The van der Waals surface area contributed by atoms with Gasteiger partial charge >= 0.3 is 19.2 Å². The number of ether oxygens (including phenoxy) is 4. The molecule has 5 unspecified atom stereocenters. The predicted molar refractivity (Wildman–Crippen MR) is 151 cm³/mol. The summed E-state index contributed by atoms with van der Waals surface area (Å²) < 4.78 is 33.6. The molecular weight excluding hydrogens is 543 g/mol. The number of nitrogens with zero attached hydrogens (tertiary/aromatic N) is 1. The van der Waals surface area contributed by atoms with Crippen molar-refractivity contribution in [2.45, 2.75) is 90.3 Å². The lowest BCUT2D eigenvalue weighted by atomic mass is 9.43. The zero-order valence-electron chi connectivity index (χ0n) is 25.1. The number of carbonyl (C=O) groups is 3. The van der Waals surface area contributed by atoms with Gasteiger partial charge in [0, 0.05) is 12.8 Å². The van der Waals surface area contributed by atoms with Gasteiger partial charge in [0.1, 0.15) is 11.3 Å². The third kappa shape index (κ3) is 6.52. The summed E-state index contributed by atoms with van der Waals surface area (Å²) in [5.74, 6) is -0.492. The largest absolute Gasteiger partial charge is 0.511 e. The summed E-state index contributed by atoms with van der Waals surface area (Å²) in [6, 6.07) is 7.00. The van der Waals surface area contributed by atoms with E-state index in [0.717, 1.165) is 19.3 Å². The van der Waals surface area contributed by atoms with Gasteiger partial charge in [0.05, 0.1) is 37.4 Å². The number of hydrogen-bond acceptors (Lipinski definition) is 10. The van der Waals surface area contributed by atoms with E-state index in [1.165, 1.54) is 13.2 Å². The first-order valence-corrected chi connectivity index (χ1v) is 14.7. The highest BCUT2D eigenvalue weighted by molar-refractivity contribution is 6.48. The molecule has 42 heavy (non-hydrogen) atoms. The molecule has 2 bridgehead atoms. The van der Waals surface area contributed by atoms with Crippen molar-refractivity contribution in [1.82, 2.24) is 5.32 Å². The molecule has 1 amide bonds. The van der Waals surface area contributed by atoms with Crippen LogP contribution in [0.2, 0.25) is 0 Å². The molecule has 5 atom stereocenters. The van der Waals surface area contributed by atoms with Gasteiger partial charge in [0.25, 0.3) is 0 Å². The molecule has 12 heteroatoms. The first kappa shape index (κ1) is 31.6. The first-order chi connectivity index (χ1) is 20.0. The van der Waals surface area contributed by atoms with Crippen LogP contribution in [0.5, 0.6) is 5.75 Å². The van der Waals surface area contributed by atoms with E-state index in [-0.39, 0.29) is 54.6 Å². The van der Waals surface area contributed by atoms with Gasteiger partial charge in [-0.1, -0.05) is 39.3 Å². The Balaban J connectivity index is 1.49. The molecule has 11 nitrogen and oxygen atoms in total. The molecule has 1 saturated heterocycles. The second kappa shape index (κ2) is 13.3. The van der Waals surface area contributed by atoms with E-state index in [4.69, 9.17) is 33.5 Å². The molecular formula is C30H41BN2O9.